The molecule has 1 atom stereocenters. The van der Waals surface area contributed by atoms with Gasteiger partial charge in [0.2, 0.25) is 0 Å². The molecule has 0 aliphatic carbocycles. The molecular formula is C15H29N3. The molecule has 0 aromatic heterocycles. The van der Waals surface area contributed by atoms with Gasteiger partial charge in [0.1, 0.15) is 5.54 Å². The number of nitriles is 1. The first kappa shape index (κ1) is 15.5. The first-order valence-electron chi connectivity index (χ1n) is 7.46. The minimum Gasteiger partial charge on any atom is -0.303 e. The minimum absolute atomic E-state index is 0.338. The van der Waals surface area contributed by atoms with Crippen molar-refractivity contribution in [2.24, 2.45) is 5.92 Å². The van der Waals surface area contributed by atoms with Crippen molar-refractivity contribution in [3.63, 3.8) is 0 Å². The second-order valence-corrected chi connectivity index (χ2v) is 5.84. The van der Waals surface area contributed by atoms with Crippen LogP contribution >= 0.6 is 0 Å². The molecule has 0 aromatic carbocycles. The van der Waals surface area contributed by atoms with E-state index in [0.29, 0.717) is 0 Å². The summed E-state index contributed by atoms with van der Waals surface area (Å²) < 4.78 is 0. The Kier molecular flexibility index (Phi) is 6.67. The Hall–Kier alpha value is -0.590. The third-order valence-electron chi connectivity index (χ3n) is 4.48. The second-order valence-electron chi connectivity index (χ2n) is 5.84. The molecule has 0 spiro atoms. The fourth-order valence-corrected chi connectivity index (χ4v) is 2.67. The van der Waals surface area contributed by atoms with Gasteiger partial charge in [-0.3, -0.25) is 0 Å². The van der Waals surface area contributed by atoms with Crippen molar-refractivity contribution in [2.75, 3.05) is 26.7 Å². The molecule has 1 saturated heterocycles. The first-order chi connectivity index (χ1) is 8.63. The highest BCUT2D eigenvalue weighted by Gasteiger charge is 2.21. The first-order valence-corrected chi connectivity index (χ1v) is 7.46. The average molecular weight is 251 g/mol. The van der Waals surface area contributed by atoms with Crippen LogP contribution in [0, 0.1) is 17.2 Å². The SMILES string of the molecule is CCC1CCN(CCCCC(C)(C#N)NC)CC1. The number of hydrogen-bond acceptors (Lipinski definition) is 3. The molecule has 1 unspecified atom stereocenters. The van der Waals surface area contributed by atoms with Gasteiger partial charge in [0.25, 0.3) is 0 Å². The van der Waals surface area contributed by atoms with E-state index in [2.05, 4.69) is 23.2 Å². The van der Waals surface area contributed by atoms with Crippen molar-refractivity contribution in [1.82, 2.24) is 10.2 Å². The van der Waals surface area contributed by atoms with Crippen molar-refractivity contribution in [2.45, 2.75) is 57.9 Å². The average Bonchev–Trinajstić information content (AvgIpc) is 2.44. The molecule has 1 aliphatic heterocycles. The molecule has 0 bridgehead atoms. The van der Waals surface area contributed by atoms with Crippen molar-refractivity contribution in [3.05, 3.63) is 0 Å². The van der Waals surface area contributed by atoms with Gasteiger partial charge in [-0.25, -0.2) is 0 Å². The maximum absolute atomic E-state index is 9.07. The summed E-state index contributed by atoms with van der Waals surface area (Å²) in [6, 6.07) is 2.36. The van der Waals surface area contributed by atoms with E-state index in [1.807, 2.05) is 14.0 Å². The lowest BCUT2D eigenvalue weighted by Crippen LogP contribution is -2.38. The summed E-state index contributed by atoms with van der Waals surface area (Å²) in [5.41, 5.74) is -0.338. The Morgan fingerprint density at radius 3 is 2.50 bits per heavy atom. The van der Waals surface area contributed by atoms with Gasteiger partial charge in [0, 0.05) is 0 Å². The van der Waals surface area contributed by atoms with Crippen LogP contribution in [0.25, 0.3) is 0 Å². The van der Waals surface area contributed by atoms with Gasteiger partial charge in [0.15, 0.2) is 0 Å². The smallest absolute Gasteiger partial charge is 0.103 e. The maximum Gasteiger partial charge on any atom is 0.103 e. The molecule has 1 heterocycles. The summed E-state index contributed by atoms with van der Waals surface area (Å²) in [7, 11) is 1.87. The van der Waals surface area contributed by atoms with Crippen LogP contribution in [-0.2, 0) is 0 Å². The van der Waals surface area contributed by atoms with Gasteiger partial charge in [-0.2, -0.15) is 5.26 Å². The summed E-state index contributed by atoms with van der Waals surface area (Å²) in [5, 5.41) is 12.2. The maximum atomic E-state index is 9.07. The molecule has 0 amide bonds. The van der Waals surface area contributed by atoms with Gasteiger partial charge in [-0.1, -0.05) is 13.3 Å². The van der Waals surface area contributed by atoms with E-state index >= 15 is 0 Å². The quantitative estimate of drug-likeness (QED) is 0.707. The van der Waals surface area contributed by atoms with Gasteiger partial charge in [-0.15, -0.1) is 0 Å². The molecule has 18 heavy (non-hydrogen) atoms. The number of unbranched alkanes of at least 4 members (excludes halogenated alkanes) is 1. The van der Waals surface area contributed by atoms with Crippen molar-refractivity contribution >= 4 is 0 Å². The third-order valence-corrected chi connectivity index (χ3v) is 4.48. The predicted molar refractivity (Wildman–Crippen MR) is 76.4 cm³/mol. The van der Waals surface area contributed by atoms with Crippen LogP contribution in [0.1, 0.15) is 52.4 Å². The minimum atomic E-state index is -0.338. The van der Waals surface area contributed by atoms with Crippen LogP contribution in [-0.4, -0.2) is 37.1 Å². The molecule has 104 valence electrons. The summed E-state index contributed by atoms with van der Waals surface area (Å²) in [4.78, 5) is 2.59. The molecule has 0 radical (unpaired) electrons. The fraction of sp³-hybridized carbons (Fsp3) is 0.933. The number of nitrogens with one attached hydrogen (secondary N) is 1. The van der Waals surface area contributed by atoms with Gasteiger partial charge in [-0.05, 0) is 71.6 Å². The standard InChI is InChI=1S/C15H29N3/c1-4-14-7-11-18(12-8-14)10-6-5-9-15(2,13-16)17-3/h14,17H,4-12H2,1-3H3. The van der Waals surface area contributed by atoms with E-state index < -0.39 is 0 Å². The number of nitrogens with zero attached hydrogens (tertiary/aromatic N) is 2. The lowest BCUT2D eigenvalue weighted by atomic mass is 9.94. The van der Waals surface area contributed by atoms with Crippen molar-refractivity contribution in [1.29, 1.82) is 5.26 Å². The monoisotopic (exact) mass is 251 g/mol. The van der Waals surface area contributed by atoms with E-state index in [9.17, 15) is 0 Å². The van der Waals surface area contributed by atoms with Crippen LogP contribution in [0.15, 0.2) is 0 Å². The summed E-state index contributed by atoms with van der Waals surface area (Å²) >= 11 is 0. The van der Waals surface area contributed by atoms with Crippen LogP contribution in [0.3, 0.4) is 0 Å². The van der Waals surface area contributed by atoms with Crippen LogP contribution in [0.4, 0.5) is 0 Å². The molecular weight excluding hydrogens is 222 g/mol. The van der Waals surface area contributed by atoms with E-state index in [1.165, 1.54) is 45.3 Å². The predicted octanol–water partition coefficient (Wildman–Crippen LogP) is 2.78. The zero-order chi connectivity index (χ0) is 13.4. The Morgan fingerprint density at radius 1 is 1.33 bits per heavy atom. The van der Waals surface area contributed by atoms with Crippen LogP contribution < -0.4 is 5.32 Å². The lowest BCUT2D eigenvalue weighted by Gasteiger charge is -2.31. The molecule has 1 N–H and O–H groups in total. The second kappa shape index (κ2) is 7.76. The van der Waals surface area contributed by atoms with E-state index in [1.54, 1.807) is 0 Å². The highest BCUT2D eigenvalue weighted by Crippen LogP contribution is 2.20. The highest BCUT2D eigenvalue weighted by atomic mass is 15.1. The van der Waals surface area contributed by atoms with Crippen LogP contribution in [0.5, 0.6) is 0 Å². The highest BCUT2D eigenvalue weighted by molar-refractivity contribution is 5.02. The van der Waals surface area contributed by atoms with Gasteiger partial charge < -0.3 is 10.2 Å². The third kappa shape index (κ3) is 4.96. The summed E-state index contributed by atoms with van der Waals surface area (Å²) in [5.74, 6) is 0.965. The zero-order valence-corrected chi connectivity index (χ0v) is 12.3. The normalized spacial score (nSPS) is 21.4. The number of likely N-dealkylation sites (tertiary alicyclic amines) is 1. The molecule has 0 saturated carbocycles. The Morgan fingerprint density at radius 2 is 2.00 bits per heavy atom. The number of piperidine rings is 1. The Labute approximate surface area is 113 Å². The number of rotatable bonds is 7. The topological polar surface area (TPSA) is 39.1 Å². The van der Waals surface area contributed by atoms with Gasteiger partial charge >= 0.3 is 0 Å². The fourth-order valence-electron chi connectivity index (χ4n) is 2.67. The Balaban J connectivity index is 2.11. The molecule has 1 fully saturated rings. The summed E-state index contributed by atoms with van der Waals surface area (Å²) in [6.45, 7) is 8.06. The lowest BCUT2D eigenvalue weighted by molar-refractivity contribution is 0.178. The van der Waals surface area contributed by atoms with E-state index in [0.717, 1.165) is 18.8 Å². The molecule has 0 aromatic rings. The van der Waals surface area contributed by atoms with E-state index in [4.69, 9.17) is 5.26 Å². The molecule has 3 heteroatoms. The zero-order valence-electron chi connectivity index (χ0n) is 12.3. The van der Waals surface area contributed by atoms with Gasteiger partial charge in [0.05, 0.1) is 6.07 Å². The molecule has 3 nitrogen and oxygen atoms in total. The largest absolute Gasteiger partial charge is 0.303 e. The molecule has 1 rings (SSSR count). The van der Waals surface area contributed by atoms with Crippen LogP contribution in [0.2, 0.25) is 0 Å². The van der Waals surface area contributed by atoms with E-state index in [-0.39, 0.29) is 5.54 Å². The Bertz CT molecular complexity index is 263. The van der Waals surface area contributed by atoms with Crippen molar-refractivity contribution in [3.8, 4) is 6.07 Å². The summed E-state index contributed by atoms with van der Waals surface area (Å²) in [6.07, 6.45) is 7.40. The molecule has 1 aliphatic rings. The number of hydrogen-bond donors (Lipinski definition) is 1. The van der Waals surface area contributed by atoms with Crippen molar-refractivity contribution < 1.29 is 0 Å².